The molecule has 3 rings (SSSR count). The third-order valence-corrected chi connectivity index (χ3v) is 3.85. The van der Waals surface area contributed by atoms with Crippen LogP contribution in [0.5, 0.6) is 0 Å². The van der Waals surface area contributed by atoms with E-state index in [0.717, 1.165) is 16.7 Å². The lowest BCUT2D eigenvalue weighted by Gasteiger charge is -2.03. The fourth-order valence-corrected chi connectivity index (χ4v) is 2.90. The molecule has 0 atom stereocenters. The number of nitrogens with one attached hydrogen (secondary N) is 1. The van der Waals surface area contributed by atoms with Crippen molar-refractivity contribution < 1.29 is 9.59 Å². The van der Waals surface area contributed by atoms with Crippen molar-refractivity contribution in [3.8, 4) is 11.1 Å². The highest BCUT2D eigenvalue weighted by Gasteiger charge is 2.21. The molecule has 21 heavy (non-hydrogen) atoms. The van der Waals surface area contributed by atoms with E-state index in [4.69, 9.17) is 0 Å². The largest absolute Gasteiger partial charge is 0.290 e. The van der Waals surface area contributed by atoms with Gasteiger partial charge in [-0.25, -0.2) is 4.98 Å². The Morgan fingerprint density at radius 2 is 1.95 bits per heavy atom. The van der Waals surface area contributed by atoms with Crippen molar-refractivity contribution in [3.05, 3.63) is 58.8 Å². The summed E-state index contributed by atoms with van der Waals surface area (Å²) in [5, 5.41) is 9.88. The molecular formula is C15H11N3O2S. The molecule has 0 aliphatic carbocycles. The molecule has 0 amide bonds. The molecule has 0 saturated carbocycles. The Labute approximate surface area is 124 Å². The van der Waals surface area contributed by atoms with Crippen LogP contribution in [0.15, 0.2) is 47.4 Å². The summed E-state index contributed by atoms with van der Waals surface area (Å²) in [4.78, 5) is 27.7. The van der Waals surface area contributed by atoms with E-state index in [0.29, 0.717) is 0 Å². The van der Waals surface area contributed by atoms with Crippen molar-refractivity contribution in [2.45, 2.75) is 6.42 Å². The Morgan fingerprint density at radius 3 is 2.67 bits per heavy atom. The fraction of sp³-hybridized carbons (Fsp3) is 0.0667. The number of H-pyrrole nitrogens is 1. The second-order valence-electron chi connectivity index (χ2n) is 4.44. The van der Waals surface area contributed by atoms with E-state index >= 15 is 0 Å². The Bertz CT molecular complexity index is 763. The van der Waals surface area contributed by atoms with E-state index in [2.05, 4.69) is 15.2 Å². The first-order valence-corrected chi connectivity index (χ1v) is 7.23. The maximum Gasteiger partial charge on any atom is 0.265 e. The number of hydrogen-bond donors (Lipinski definition) is 1. The molecule has 0 radical (unpaired) electrons. The van der Waals surface area contributed by atoms with Gasteiger partial charge in [0.25, 0.3) is 5.78 Å². The molecule has 0 fully saturated rings. The van der Waals surface area contributed by atoms with E-state index < -0.39 is 11.6 Å². The molecule has 0 spiro atoms. The van der Waals surface area contributed by atoms with Crippen LogP contribution >= 0.6 is 11.3 Å². The van der Waals surface area contributed by atoms with Crippen molar-refractivity contribution in [1.82, 2.24) is 15.2 Å². The standard InChI is InChI=1S/C15H11N3O2S/c19-13(14(20)15-16-9-17-18-15)6-11-7-21-8-12(11)10-4-2-1-3-5-10/h1-5,7-9H,6H2,(H,16,17,18). The van der Waals surface area contributed by atoms with Crippen LogP contribution in [-0.2, 0) is 11.2 Å². The smallest absolute Gasteiger partial charge is 0.265 e. The number of Topliss-reactive ketones (excluding diaryl/α,β-unsaturated/α-hetero) is 2. The maximum atomic E-state index is 12.1. The van der Waals surface area contributed by atoms with Crippen molar-refractivity contribution >= 4 is 22.9 Å². The third-order valence-electron chi connectivity index (χ3n) is 3.06. The SMILES string of the molecule is O=C(Cc1cscc1-c1ccccc1)C(=O)c1ncn[nH]1. The third kappa shape index (κ3) is 2.80. The van der Waals surface area contributed by atoms with Crippen molar-refractivity contribution in [2.24, 2.45) is 0 Å². The van der Waals surface area contributed by atoms with Gasteiger partial charge in [-0.05, 0) is 27.5 Å². The van der Waals surface area contributed by atoms with Gasteiger partial charge in [0, 0.05) is 6.42 Å². The average molecular weight is 297 g/mol. The van der Waals surface area contributed by atoms with Crippen LogP contribution in [0.1, 0.15) is 16.2 Å². The summed E-state index contributed by atoms with van der Waals surface area (Å²) in [5.74, 6) is -1.16. The van der Waals surface area contributed by atoms with Crippen LogP contribution in [-0.4, -0.2) is 26.7 Å². The lowest BCUT2D eigenvalue weighted by Crippen LogP contribution is -2.18. The minimum absolute atomic E-state index is 0.0171. The summed E-state index contributed by atoms with van der Waals surface area (Å²) >= 11 is 1.51. The van der Waals surface area contributed by atoms with Gasteiger partial charge in [-0.2, -0.15) is 16.4 Å². The highest BCUT2D eigenvalue weighted by molar-refractivity contribution is 7.08. The van der Waals surface area contributed by atoms with E-state index in [1.54, 1.807) is 0 Å². The van der Waals surface area contributed by atoms with Gasteiger partial charge >= 0.3 is 0 Å². The van der Waals surface area contributed by atoms with E-state index in [9.17, 15) is 9.59 Å². The first-order valence-electron chi connectivity index (χ1n) is 6.29. The summed E-state index contributed by atoms with van der Waals surface area (Å²) in [6.07, 6.45) is 1.27. The van der Waals surface area contributed by atoms with E-state index in [1.807, 2.05) is 41.1 Å². The highest BCUT2D eigenvalue weighted by Crippen LogP contribution is 2.27. The average Bonchev–Trinajstić information content (AvgIpc) is 3.19. The number of rotatable bonds is 5. The minimum atomic E-state index is -0.641. The summed E-state index contributed by atoms with van der Waals surface area (Å²) < 4.78 is 0. The quantitative estimate of drug-likeness (QED) is 0.580. The first-order chi connectivity index (χ1) is 10.3. The number of benzene rings is 1. The molecule has 0 bridgehead atoms. The number of nitrogens with zero attached hydrogens (tertiary/aromatic N) is 2. The predicted molar refractivity (Wildman–Crippen MR) is 79.2 cm³/mol. The van der Waals surface area contributed by atoms with Crippen LogP contribution in [0.4, 0.5) is 0 Å². The molecule has 3 aromatic rings. The molecular weight excluding hydrogens is 286 g/mol. The molecule has 0 saturated heterocycles. The summed E-state index contributed by atoms with van der Waals surface area (Å²) in [6.45, 7) is 0. The van der Waals surface area contributed by atoms with Gasteiger partial charge in [0.2, 0.25) is 5.78 Å². The zero-order chi connectivity index (χ0) is 14.7. The van der Waals surface area contributed by atoms with Crippen LogP contribution < -0.4 is 0 Å². The summed E-state index contributed by atoms with van der Waals surface area (Å²) in [7, 11) is 0. The molecule has 6 heteroatoms. The molecule has 104 valence electrons. The fourth-order valence-electron chi connectivity index (χ4n) is 2.03. The van der Waals surface area contributed by atoms with Crippen molar-refractivity contribution in [3.63, 3.8) is 0 Å². The van der Waals surface area contributed by atoms with Crippen LogP contribution in [0.25, 0.3) is 11.1 Å². The highest BCUT2D eigenvalue weighted by atomic mass is 32.1. The molecule has 2 heterocycles. The lowest BCUT2D eigenvalue weighted by molar-refractivity contribution is -0.114. The molecule has 0 aliphatic rings. The molecule has 1 aromatic carbocycles. The Hall–Kier alpha value is -2.60. The van der Waals surface area contributed by atoms with Crippen LogP contribution in [0, 0.1) is 0 Å². The Morgan fingerprint density at radius 1 is 1.14 bits per heavy atom. The zero-order valence-corrected chi connectivity index (χ0v) is 11.8. The minimum Gasteiger partial charge on any atom is -0.290 e. The lowest BCUT2D eigenvalue weighted by atomic mass is 10.00. The summed E-state index contributed by atoms with van der Waals surface area (Å²) in [5.41, 5.74) is 2.87. The summed E-state index contributed by atoms with van der Waals surface area (Å²) in [6, 6.07) is 9.78. The second-order valence-corrected chi connectivity index (χ2v) is 5.18. The van der Waals surface area contributed by atoms with Crippen molar-refractivity contribution in [2.75, 3.05) is 0 Å². The van der Waals surface area contributed by atoms with Crippen LogP contribution in [0.2, 0.25) is 0 Å². The Balaban J connectivity index is 1.82. The Kier molecular flexibility index (Phi) is 3.70. The molecule has 0 unspecified atom stereocenters. The number of hydrogen-bond acceptors (Lipinski definition) is 5. The van der Waals surface area contributed by atoms with Gasteiger partial charge in [0.1, 0.15) is 6.33 Å². The topological polar surface area (TPSA) is 75.7 Å². The van der Waals surface area contributed by atoms with E-state index in [-0.39, 0.29) is 12.2 Å². The number of aromatic nitrogens is 3. The molecule has 5 nitrogen and oxygen atoms in total. The molecule has 0 aliphatic heterocycles. The van der Waals surface area contributed by atoms with Crippen molar-refractivity contribution in [1.29, 1.82) is 0 Å². The second kappa shape index (κ2) is 5.80. The zero-order valence-electron chi connectivity index (χ0n) is 10.9. The first kappa shape index (κ1) is 13.4. The van der Waals surface area contributed by atoms with E-state index in [1.165, 1.54) is 17.7 Å². The predicted octanol–water partition coefficient (Wildman–Crippen LogP) is 2.53. The normalized spacial score (nSPS) is 10.5. The maximum absolute atomic E-state index is 12.1. The van der Waals surface area contributed by atoms with Gasteiger partial charge in [-0.15, -0.1) is 0 Å². The monoisotopic (exact) mass is 297 g/mol. The van der Waals surface area contributed by atoms with Gasteiger partial charge in [0.15, 0.2) is 5.82 Å². The molecule has 2 aromatic heterocycles. The van der Waals surface area contributed by atoms with Gasteiger partial charge in [-0.1, -0.05) is 30.3 Å². The van der Waals surface area contributed by atoms with Gasteiger partial charge in [-0.3, -0.25) is 14.7 Å². The van der Waals surface area contributed by atoms with Gasteiger partial charge < -0.3 is 0 Å². The number of ketones is 2. The number of thiophene rings is 1. The van der Waals surface area contributed by atoms with Crippen LogP contribution in [0.3, 0.4) is 0 Å². The van der Waals surface area contributed by atoms with Gasteiger partial charge in [0.05, 0.1) is 0 Å². The number of aromatic amines is 1. The number of carbonyl (C=O) groups is 2. The molecule has 1 N–H and O–H groups in total. The number of carbonyl (C=O) groups excluding carboxylic acids is 2.